The van der Waals surface area contributed by atoms with Crippen LogP contribution in [0, 0.1) is 0 Å². The maximum Gasteiger partial charge on any atom is 0.0718 e. The molecule has 4 heteroatoms. The van der Waals surface area contributed by atoms with Crippen molar-refractivity contribution in [3.63, 3.8) is 0 Å². The van der Waals surface area contributed by atoms with Crippen molar-refractivity contribution in [3.05, 3.63) is 66.5 Å². The number of halogens is 2. The fourth-order valence-electron chi connectivity index (χ4n) is 1.77. The zero-order valence-electron chi connectivity index (χ0n) is 9.27. The summed E-state index contributed by atoms with van der Waals surface area (Å²) in [5, 5.41) is 3.86. The van der Waals surface area contributed by atoms with E-state index in [2.05, 4.69) is 41.8 Å². The van der Waals surface area contributed by atoms with Crippen LogP contribution < -0.4 is 21.2 Å². The van der Waals surface area contributed by atoms with Crippen LogP contribution >= 0.6 is 31.9 Å². The molecule has 18 heavy (non-hydrogen) atoms. The quantitative estimate of drug-likeness (QED) is 0.679. The lowest BCUT2D eigenvalue weighted by molar-refractivity contribution is 1.26. The van der Waals surface area contributed by atoms with Gasteiger partial charge >= 0.3 is 0 Å². The first-order valence-electron chi connectivity index (χ1n) is 5.39. The van der Waals surface area contributed by atoms with E-state index >= 15 is 0 Å². The molecule has 2 aromatic rings. The molecule has 2 aromatic carbocycles. The van der Waals surface area contributed by atoms with Crippen molar-refractivity contribution in [3.8, 4) is 0 Å². The van der Waals surface area contributed by atoms with Gasteiger partial charge in [0, 0.05) is 31.8 Å². The highest BCUT2D eigenvalue weighted by molar-refractivity contribution is 9.10. The largest absolute Gasteiger partial charge is 0.255 e. The minimum absolute atomic E-state index is 0.924. The van der Waals surface area contributed by atoms with E-state index in [1.54, 1.807) is 0 Å². The topological polar surface area (TPSA) is 24.7 Å². The zero-order valence-corrected chi connectivity index (χ0v) is 12.4. The molecule has 3 rings (SSSR count). The fourth-order valence-corrected chi connectivity index (χ4v) is 2.53. The normalized spacial score (nSPS) is 12.6. The third kappa shape index (κ3) is 2.31. The second-order valence-electron chi connectivity index (χ2n) is 3.92. The molecule has 0 aromatic heterocycles. The van der Waals surface area contributed by atoms with Gasteiger partial charge in [0.05, 0.1) is 10.7 Å². The third-order valence-corrected chi connectivity index (χ3v) is 3.65. The summed E-state index contributed by atoms with van der Waals surface area (Å²) in [5.41, 5.74) is 0. The van der Waals surface area contributed by atoms with E-state index in [1.807, 2.05) is 48.8 Å². The van der Waals surface area contributed by atoms with Crippen molar-refractivity contribution < 1.29 is 0 Å². The molecule has 1 aliphatic rings. The minimum atomic E-state index is 0.924. The predicted octanol–water partition coefficient (Wildman–Crippen LogP) is 1.64. The van der Waals surface area contributed by atoms with Gasteiger partial charge in [-0.1, -0.05) is 31.9 Å². The molecular weight excluding hydrogens is 356 g/mol. The average molecular weight is 364 g/mol. The first-order chi connectivity index (χ1) is 8.72. The molecule has 1 aliphatic heterocycles. The number of hydrogen-bond acceptors (Lipinski definition) is 2. The summed E-state index contributed by atoms with van der Waals surface area (Å²) >= 11 is 6.91. The molecule has 0 amide bonds. The number of benzene rings is 2. The monoisotopic (exact) mass is 362 g/mol. The Morgan fingerprint density at radius 3 is 1.56 bits per heavy atom. The first-order valence-corrected chi connectivity index (χ1v) is 6.98. The van der Waals surface area contributed by atoms with Gasteiger partial charge in [0.2, 0.25) is 0 Å². The van der Waals surface area contributed by atoms with E-state index in [0.717, 1.165) is 30.1 Å². The Morgan fingerprint density at radius 1 is 0.667 bits per heavy atom. The van der Waals surface area contributed by atoms with Crippen LogP contribution in [0.4, 0.5) is 0 Å². The number of rotatable bonds is 0. The van der Waals surface area contributed by atoms with Crippen LogP contribution in [-0.4, -0.2) is 0 Å². The molecule has 2 nitrogen and oxygen atoms in total. The Morgan fingerprint density at radius 2 is 1.11 bits per heavy atom. The van der Waals surface area contributed by atoms with Crippen LogP contribution in [-0.2, 0) is 0 Å². The zero-order chi connectivity index (χ0) is 12.5. The van der Waals surface area contributed by atoms with Crippen molar-refractivity contribution in [2.24, 2.45) is 9.98 Å². The molecule has 0 radical (unpaired) electrons. The second-order valence-corrected chi connectivity index (χ2v) is 5.75. The molecular formula is C14H8Br2N2. The van der Waals surface area contributed by atoms with Crippen LogP contribution in [0.2, 0.25) is 0 Å². The highest BCUT2D eigenvalue weighted by Crippen LogP contribution is 2.03. The Bertz CT molecular complexity index is 781. The summed E-state index contributed by atoms with van der Waals surface area (Å²) in [4.78, 5) is 9.02. The lowest BCUT2D eigenvalue weighted by Gasteiger charge is -1.96. The van der Waals surface area contributed by atoms with E-state index in [1.165, 1.54) is 0 Å². The number of hydrogen-bond donors (Lipinski definition) is 0. The molecule has 0 aliphatic carbocycles. The van der Waals surface area contributed by atoms with Crippen LogP contribution in [0.15, 0.2) is 55.3 Å². The first kappa shape index (κ1) is 11.8. The van der Waals surface area contributed by atoms with Crippen LogP contribution in [0.1, 0.15) is 0 Å². The SMILES string of the molecule is Brc1ccc2c(c1)=CN=c1ccc(Br)cc1=CN=2. The summed E-state index contributed by atoms with van der Waals surface area (Å²) in [5.74, 6) is 0. The molecule has 0 fully saturated rings. The van der Waals surface area contributed by atoms with Gasteiger partial charge in [0.1, 0.15) is 0 Å². The molecule has 88 valence electrons. The van der Waals surface area contributed by atoms with Gasteiger partial charge in [0.25, 0.3) is 0 Å². The van der Waals surface area contributed by atoms with Crippen LogP contribution in [0.25, 0.3) is 12.4 Å². The molecule has 0 saturated heterocycles. The highest BCUT2D eigenvalue weighted by atomic mass is 79.9. The van der Waals surface area contributed by atoms with Crippen molar-refractivity contribution in [2.75, 3.05) is 0 Å². The minimum Gasteiger partial charge on any atom is -0.255 e. The van der Waals surface area contributed by atoms with Gasteiger partial charge < -0.3 is 0 Å². The third-order valence-electron chi connectivity index (χ3n) is 2.66. The molecule has 0 saturated carbocycles. The van der Waals surface area contributed by atoms with E-state index in [9.17, 15) is 0 Å². The molecule has 0 unspecified atom stereocenters. The summed E-state index contributed by atoms with van der Waals surface area (Å²) in [6, 6.07) is 11.9. The fraction of sp³-hybridized carbons (Fsp3) is 0. The summed E-state index contributed by atoms with van der Waals surface area (Å²) in [7, 11) is 0. The van der Waals surface area contributed by atoms with Gasteiger partial charge in [0.15, 0.2) is 0 Å². The second kappa shape index (κ2) is 4.78. The maximum atomic E-state index is 4.51. The van der Waals surface area contributed by atoms with Crippen molar-refractivity contribution in [1.29, 1.82) is 0 Å². The lowest BCUT2D eigenvalue weighted by atomic mass is 10.2. The highest BCUT2D eigenvalue weighted by Gasteiger charge is 1.94. The van der Waals surface area contributed by atoms with Gasteiger partial charge in [-0.25, -0.2) is 0 Å². The van der Waals surface area contributed by atoms with E-state index in [0.29, 0.717) is 0 Å². The molecule has 0 spiro atoms. The Hall–Kier alpha value is -1.26. The predicted molar refractivity (Wildman–Crippen MR) is 78.8 cm³/mol. The Kier molecular flexibility index (Phi) is 3.14. The summed E-state index contributed by atoms with van der Waals surface area (Å²) in [6.45, 7) is 0. The molecule has 0 N–H and O–H groups in total. The molecule has 0 atom stereocenters. The van der Waals surface area contributed by atoms with E-state index < -0.39 is 0 Å². The number of fused-ring (bicyclic) bond motifs is 2. The summed E-state index contributed by atoms with van der Waals surface area (Å²) < 4.78 is 2.05. The van der Waals surface area contributed by atoms with Gasteiger partial charge in [-0.05, 0) is 36.4 Å². The van der Waals surface area contributed by atoms with E-state index in [4.69, 9.17) is 0 Å². The van der Waals surface area contributed by atoms with Crippen molar-refractivity contribution in [2.45, 2.75) is 0 Å². The van der Waals surface area contributed by atoms with Crippen LogP contribution in [0.5, 0.6) is 0 Å². The molecule has 0 bridgehead atoms. The molecule has 1 heterocycles. The summed E-state index contributed by atoms with van der Waals surface area (Å²) in [6.07, 6.45) is 3.70. The van der Waals surface area contributed by atoms with Gasteiger partial charge in [-0.15, -0.1) is 0 Å². The smallest absolute Gasteiger partial charge is 0.0718 e. The van der Waals surface area contributed by atoms with E-state index in [-0.39, 0.29) is 0 Å². The standard InChI is InChI=1S/C14H8Br2N2/c15-11-1-3-13-9(5-11)7-18-14-4-2-12(16)6-10(14)8-17-13/h1-8H. The van der Waals surface area contributed by atoms with Crippen molar-refractivity contribution in [1.82, 2.24) is 0 Å². The Balaban J connectivity index is 2.40. The Labute approximate surface area is 120 Å². The van der Waals surface area contributed by atoms with Crippen LogP contribution in [0.3, 0.4) is 0 Å². The maximum absolute atomic E-state index is 4.51. The van der Waals surface area contributed by atoms with Gasteiger partial charge in [-0.2, -0.15) is 0 Å². The van der Waals surface area contributed by atoms with Gasteiger partial charge in [-0.3, -0.25) is 9.98 Å². The average Bonchev–Trinajstić information content (AvgIpc) is 2.34. The number of nitrogens with zero attached hydrogens (tertiary/aromatic N) is 2. The van der Waals surface area contributed by atoms with Crippen molar-refractivity contribution >= 4 is 44.3 Å². The lowest BCUT2D eigenvalue weighted by Crippen LogP contribution is -2.29.